The Labute approximate surface area is 206 Å². The molecule has 0 spiro atoms. The zero-order valence-corrected chi connectivity index (χ0v) is 20.5. The molecule has 0 radical (unpaired) electrons. The van der Waals surface area contributed by atoms with E-state index < -0.39 is 5.95 Å². The quantitative estimate of drug-likeness (QED) is 0.459. The van der Waals surface area contributed by atoms with Crippen molar-refractivity contribution in [3.8, 4) is 11.1 Å². The number of carbonyl (C=O) groups is 1. The lowest BCUT2D eigenvalue weighted by Crippen LogP contribution is -2.54. The summed E-state index contributed by atoms with van der Waals surface area (Å²) in [5.41, 5.74) is 3.84. The minimum Gasteiger partial charge on any atom is -0.355 e. The largest absolute Gasteiger partial charge is 0.355 e. The van der Waals surface area contributed by atoms with Gasteiger partial charge in [0.2, 0.25) is 5.95 Å². The van der Waals surface area contributed by atoms with Crippen molar-refractivity contribution in [1.29, 1.82) is 0 Å². The zero-order chi connectivity index (χ0) is 24.4. The van der Waals surface area contributed by atoms with Crippen molar-refractivity contribution in [3.63, 3.8) is 0 Å². The van der Waals surface area contributed by atoms with Crippen LogP contribution in [0.3, 0.4) is 0 Å². The summed E-state index contributed by atoms with van der Waals surface area (Å²) < 4.78 is 13.7. The maximum atomic E-state index is 13.7. The van der Waals surface area contributed by atoms with E-state index >= 15 is 0 Å². The van der Waals surface area contributed by atoms with Crippen molar-refractivity contribution in [2.75, 3.05) is 19.6 Å². The molecule has 3 aliphatic rings. The highest BCUT2D eigenvalue weighted by Crippen LogP contribution is 2.36. The number of guanidine groups is 1. The van der Waals surface area contributed by atoms with Crippen LogP contribution in [0.15, 0.2) is 35.3 Å². The average molecular weight is 479 g/mol. The lowest BCUT2D eigenvalue weighted by atomic mass is 9.88. The summed E-state index contributed by atoms with van der Waals surface area (Å²) in [6.07, 6.45) is 4.61. The Hall–Kier alpha value is -3.00. The van der Waals surface area contributed by atoms with Crippen LogP contribution in [0, 0.1) is 24.7 Å². The van der Waals surface area contributed by atoms with Gasteiger partial charge in [0.1, 0.15) is 0 Å². The van der Waals surface area contributed by atoms with Crippen LogP contribution in [0.2, 0.25) is 0 Å². The fraction of sp³-hybridized carbons (Fsp3) is 0.519. The van der Waals surface area contributed by atoms with E-state index in [-0.39, 0.29) is 11.9 Å². The van der Waals surface area contributed by atoms with Gasteiger partial charge in [-0.25, -0.2) is 4.98 Å². The van der Waals surface area contributed by atoms with Crippen LogP contribution in [0.4, 0.5) is 4.39 Å². The van der Waals surface area contributed by atoms with E-state index in [1.165, 1.54) is 25.3 Å². The third-order valence-electron chi connectivity index (χ3n) is 7.31. The molecule has 3 heterocycles. The highest BCUT2D eigenvalue weighted by Gasteiger charge is 2.39. The van der Waals surface area contributed by atoms with Gasteiger partial charge in [-0.15, -0.1) is 0 Å². The standard InChI is InChI=1S/C27H35FN6O/c1-16-7-8-29-23(11-16)25(19-3-4-19)34-26(35)21-13-18(15-32-27-30-9-10-31-27)12-20(14-21)22-5-6-24(28)33-17(22)2/h5-6,12-14,16,19,23,25,29H,3-4,7-11,15H2,1-2H3,(H,34,35)(H2,30,31,32). The molecule has 1 aromatic heterocycles. The molecule has 4 N–H and O–H groups in total. The molecule has 1 amide bonds. The normalized spacial score (nSPS) is 22.8. The van der Waals surface area contributed by atoms with Crippen molar-refractivity contribution in [2.24, 2.45) is 16.8 Å². The number of benzene rings is 1. The number of pyridine rings is 1. The number of rotatable bonds is 7. The molecule has 35 heavy (non-hydrogen) atoms. The number of hydrogen-bond acceptors (Lipinski definition) is 6. The van der Waals surface area contributed by atoms with E-state index in [0.29, 0.717) is 35.7 Å². The Balaban J connectivity index is 1.41. The first kappa shape index (κ1) is 23.7. The van der Waals surface area contributed by atoms with E-state index in [1.807, 2.05) is 18.2 Å². The molecule has 2 fully saturated rings. The molecule has 1 saturated heterocycles. The second-order valence-corrected chi connectivity index (χ2v) is 10.2. The van der Waals surface area contributed by atoms with Crippen LogP contribution in [0.5, 0.6) is 0 Å². The number of aryl methyl sites for hydroxylation is 1. The number of halogens is 1. The Morgan fingerprint density at radius 2 is 2.06 bits per heavy atom. The van der Waals surface area contributed by atoms with Crippen LogP contribution in [0.1, 0.15) is 54.2 Å². The third-order valence-corrected chi connectivity index (χ3v) is 7.31. The summed E-state index contributed by atoms with van der Waals surface area (Å²) in [5, 5.41) is 13.6. The molecular formula is C27H35FN6O. The van der Waals surface area contributed by atoms with Crippen molar-refractivity contribution < 1.29 is 9.18 Å². The number of aromatic nitrogens is 1. The first-order valence-corrected chi connectivity index (χ1v) is 12.8. The fourth-order valence-electron chi connectivity index (χ4n) is 5.28. The Morgan fingerprint density at radius 1 is 1.20 bits per heavy atom. The Bertz CT molecular complexity index is 1110. The van der Waals surface area contributed by atoms with Gasteiger partial charge in [0.25, 0.3) is 5.91 Å². The van der Waals surface area contributed by atoms with E-state index in [2.05, 4.69) is 38.2 Å². The van der Waals surface area contributed by atoms with E-state index in [0.717, 1.165) is 48.7 Å². The second kappa shape index (κ2) is 10.3. The maximum Gasteiger partial charge on any atom is 0.251 e. The molecule has 7 nitrogen and oxygen atoms in total. The minimum absolute atomic E-state index is 0.0610. The fourth-order valence-corrected chi connectivity index (χ4v) is 5.28. The molecule has 1 aromatic carbocycles. The second-order valence-electron chi connectivity index (χ2n) is 10.2. The van der Waals surface area contributed by atoms with Crippen molar-refractivity contribution in [3.05, 3.63) is 53.1 Å². The number of nitrogens with one attached hydrogen (secondary N) is 4. The van der Waals surface area contributed by atoms with E-state index in [4.69, 9.17) is 0 Å². The van der Waals surface area contributed by atoms with Crippen molar-refractivity contribution in [2.45, 2.75) is 58.2 Å². The van der Waals surface area contributed by atoms with Gasteiger partial charge in [-0.3, -0.25) is 9.79 Å². The lowest BCUT2D eigenvalue weighted by molar-refractivity contribution is 0.0911. The first-order chi connectivity index (χ1) is 17.0. The van der Waals surface area contributed by atoms with Crippen LogP contribution >= 0.6 is 0 Å². The van der Waals surface area contributed by atoms with Crippen LogP contribution in [-0.2, 0) is 6.54 Å². The molecule has 2 aliphatic heterocycles. The van der Waals surface area contributed by atoms with Gasteiger partial charge in [0.05, 0.1) is 6.54 Å². The first-order valence-electron chi connectivity index (χ1n) is 12.8. The summed E-state index contributed by atoms with van der Waals surface area (Å²) in [4.78, 5) is 22.0. The number of carbonyl (C=O) groups excluding carboxylic acids is 1. The minimum atomic E-state index is -0.506. The molecule has 3 atom stereocenters. The lowest BCUT2D eigenvalue weighted by Gasteiger charge is -2.35. The maximum absolute atomic E-state index is 13.7. The van der Waals surface area contributed by atoms with E-state index in [9.17, 15) is 9.18 Å². The van der Waals surface area contributed by atoms with Gasteiger partial charge in [-0.2, -0.15) is 4.39 Å². The summed E-state index contributed by atoms with van der Waals surface area (Å²) in [5.74, 6) is 1.41. The number of amides is 1. The molecule has 1 aliphatic carbocycles. The van der Waals surface area contributed by atoms with Crippen LogP contribution in [0.25, 0.3) is 11.1 Å². The SMILES string of the molecule is Cc1nc(F)ccc1-c1cc(CNC2=NCCN2)cc(C(=O)NC(C2CC2)C2CC(C)CCN2)c1. The van der Waals surface area contributed by atoms with Crippen molar-refractivity contribution >= 4 is 11.9 Å². The van der Waals surface area contributed by atoms with E-state index in [1.54, 1.807) is 13.0 Å². The molecule has 1 saturated carbocycles. The highest BCUT2D eigenvalue weighted by atomic mass is 19.1. The number of aliphatic imine (C=N–C) groups is 1. The molecule has 2 aromatic rings. The van der Waals surface area contributed by atoms with Gasteiger partial charge < -0.3 is 21.3 Å². The molecule has 3 unspecified atom stereocenters. The predicted octanol–water partition coefficient (Wildman–Crippen LogP) is 3.14. The number of nitrogens with zero attached hydrogens (tertiary/aromatic N) is 2. The average Bonchev–Trinajstić information content (AvgIpc) is 3.55. The summed E-state index contributed by atoms with van der Waals surface area (Å²) in [7, 11) is 0. The summed E-state index contributed by atoms with van der Waals surface area (Å²) in [6, 6.07) is 9.42. The molecule has 5 rings (SSSR count). The highest BCUT2D eigenvalue weighted by molar-refractivity contribution is 5.96. The van der Waals surface area contributed by atoms with Gasteiger partial charge in [0.15, 0.2) is 5.96 Å². The summed E-state index contributed by atoms with van der Waals surface area (Å²) in [6.45, 7) is 7.20. The van der Waals surface area contributed by atoms with Crippen LogP contribution < -0.4 is 21.3 Å². The van der Waals surface area contributed by atoms with Crippen LogP contribution in [-0.4, -0.2) is 48.6 Å². The number of hydrogen-bond donors (Lipinski definition) is 4. The van der Waals surface area contributed by atoms with Crippen molar-refractivity contribution in [1.82, 2.24) is 26.3 Å². The van der Waals surface area contributed by atoms with Gasteiger partial charge in [0, 0.05) is 42.0 Å². The number of piperidine rings is 1. The Morgan fingerprint density at radius 3 is 2.77 bits per heavy atom. The van der Waals surface area contributed by atoms with Gasteiger partial charge in [-0.1, -0.05) is 6.92 Å². The Kier molecular flexibility index (Phi) is 7.00. The summed E-state index contributed by atoms with van der Waals surface area (Å²) >= 11 is 0. The van der Waals surface area contributed by atoms with Gasteiger partial charge in [-0.05, 0) is 92.4 Å². The molecule has 186 valence electrons. The zero-order valence-electron chi connectivity index (χ0n) is 20.5. The third kappa shape index (κ3) is 5.81. The topological polar surface area (TPSA) is 90.4 Å². The molecule has 8 heteroatoms. The van der Waals surface area contributed by atoms with Gasteiger partial charge >= 0.3 is 0 Å². The predicted molar refractivity (Wildman–Crippen MR) is 136 cm³/mol. The molecular weight excluding hydrogens is 443 g/mol. The molecule has 0 bridgehead atoms. The smallest absolute Gasteiger partial charge is 0.251 e. The monoisotopic (exact) mass is 478 g/mol.